The first-order valence-corrected chi connectivity index (χ1v) is 12.9. The fraction of sp³-hybridized carbons (Fsp3) is 0.680. The maximum absolute atomic E-state index is 12.4. The van der Waals surface area contributed by atoms with Gasteiger partial charge in [-0.2, -0.15) is 11.8 Å². The van der Waals surface area contributed by atoms with E-state index in [0.29, 0.717) is 35.8 Å². The number of carboxylic acid groups (broad SMARTS) is 1. The average molecular weight is 515 g/mol. The van der Waals surface area contributed by atoms with Gasteiger partial charge in [0.1, 0.15) is 23.7 Å². The summed E-state index contributed by atoms with van der Waals surface area (Å²) in [7, 11) is 4.53. The average Bonchev–Trinajstić information content (AvgIpc) is 3.09. The van der Waals surface area contributed by atoms with Crippen LogP contribution in [0.2, 0.25) is 0 Å². The summed E-state index contributed by atoms with van der Waals surface area (Å²) in [5, 5.41) is 29.8. The normalized spacial score (nSPS) is 21.4. The highest BCUT2D eigenvalue weighted by molar-refractivity contribution is 8.00. The Bertz CT molecular complexity index is 817. The molecule has 0 spiro atoms. The third kappa shape index (κ3) is 8.77. The number of carbonyl (C=O) groups excluding carboxylic acids is 1. The molecule has 0 radical (unpaired) electrons. The molecule has 1 aliphatic rings. The van der Waals surface area contributed by atoms with Gasteiger partial charge in [0.05, 0.1) is 27.4 Å². The molecule has 0 saturated heterocycles. The number of aliphatic hydroxyl groups excluding tert-OH is 1. The third-order valence-corrected chi connectivity index (χ3v) is 7.85. The number of aliphatic hydroxyl groups is 2. The van der Waals surface area contributed by atoms with Gasteiger partial charge < -0.3 is 34.3 Å². The molecule has 3 N–H and O–H groups in total. The number of ether oxygens (including phenoxy) is 4. The number of unbranched alkanes of at least 4 members (excludes halogenated alkanes) is 3. The molecule has 198 valence electrons. The van der Waals surface area contributed by atoms with Crippen LogP contribution in [-0.4, -0.2) is 77.7 Å². The number of benzene rings is 1. The van der Waals surface area contributed by atoms with Crippen LogP contribution in [0.1, 0.15) is 51.9 Å². The molecule has 0 bridgehead atoms. The summed E-state index contributed by atoms with van der Waals surface area (Å²) < 4.78 is 21.8. The van der Waals surface area contributed by atoms with Gasteiger partial charge in [-0.3, -0.25) is 9.59 Å². The Kier molecular flexibility index (Phi) is 11.5. The second-order valence-corrected chi connectivity index (χ2v) is 10.3. The summed E-state index contributed by atoms with van der Waals surface area (Å²) in [6.07, 6.45) is 3.30. The topological polar surface area (TPSA) is 132 Å². The van der Waals surface area contributed by atoms with Crippen molar-refractivity contribution in [3.8, 4) is 23.0 Å². The van der Waals surface area contributed by atoms with Gasteiger partial charge in [-0.1, -0.05) is 19.3 Å². The van der Waals surface area contributed by atoms with Gasteiger partial charge >= 0.3 is 5.97 Å². The van der Waals surface area contributed by atoms with Crippen LogP contribution in [0.4, 0.5) is 0 Å². The van der Waals surface area contributed by atoms with Gasteiger partial charge in [-0.05, 0) is 19.8 Å². The van der Waals surface area contributed by atoms with Crippen molar-refractivity contribution in [1.82, 2.24) is 0 Å². The van der Waals surface area contributed by atoms with E-state index in [9.17, 15) is 19.8 Å². The van der Waals surface area contributed by atoms with Crippen molar-refractivity contribution in [1.29, 1.82) is 0 Å². The van der Waals surface area contributed by atoms with Crippen LogP contribution in [0.25, 0.3) is 0 Å². The summed E-state index contributed by atoms with van der Waals surface area (Å²) in [6, 6.07) is 3.30. The van der Waals surface area contributed by atoms with E-state index in [1.165, 1.54) is 33.1 Å². The summed E-state index contributed by atoms with van der Waals surface area (Å²) in [6.45, 7) is 1.64. The van der Waals surface area contributed by atoms with Crippen molar-refractivity contribution in [2.45, 2.75) is 68.8 Å². The predicted molar refractivity (Wildman–Crippen MR) is 133 cm³/mol. The minimum Gasteiger partial charge on any atom is -0.493 e. The largest absolute Gasteiger partial charge is 0.493 e. The Labute approximate surface area is 211 Å². The number of hydrogen-bond donors (Lipinski definition) is 3. The molecular weight excluding hydrogens is 476 g/mol. The lowest BCUT2D eigenvalue weighted by atomic mass is 9.98. The minimum absolute atomic E-state index is 0.0103. The number of aliphatic carboxylic acids is 1. The lowest BCUT2D eigenvalue weighted by Gasteiger charge is -2.27. The summed E-state index contributed by atoms with van der Waals surface area (Å²) >= 11 is 1.39. The third-order valence-electron chi connectivity index (χ3n) is 6.03. The van der Waals surface area contributed by atoms with Crippen LogP contribution >= 0.6 is 11.8 Å². The zero-order valence-electron chi connectivity index (χ0n) is 21.0. The molecule has 1 fully saturated rings. The molecule has 1 aromatic carbocycles. The lowest BCUT2D eigenvalue weighted by molar-refractivity contribution is -0.137. The van der Waals surface area contributed by atoms with E-state index in [-0.39, 0.29) is 42.2 Å². The maximum atomic E-state index is 12.4. The Balaban J connectivity index is 1.89. The van der Waals surface area contributed by atoms with E-state index in [1.807, 2.05) is 0 Å². The number of methoxy groups -OCH3 is 3. The number of carboxylic acids is 1. The van der Waals surface area contributed by atoms with Crippen molar-refractivity contribution in [3.63, 3.8) is 0 Å². The van der Waals surface area contributed by atoms with E-state index < -0.39 is 17.7 Å². The van der Waals surface area contributed by atoms with Crippen LogP contribution in [0.3, 0.4) is 0 Å². The van der Waals surface area contributed by atoms with Crippen molar-refractivity contribution in [2.24, 2.45) is 5.92 Å². The highest BCUT2D eigenvalue weighted by Crippen LogP contribution is 2.41. The van der Waals surface area contributed by atoms with Gasteiger partial charge in [0.25, 0.3) is 0 Å². The van der Waals surface area contributed by atoms with E-state index in [1.54, 1.807) is 19.1 Å². The molecule has 35 heavy (non-hydrogen) atoms. The molecule has 10 heteroatoms. The summed E-state index contributed by atoms with van der Waals surface area (Å²) in [4.78, 5) is 23.0. The molecule has 2 rings (SSSR count). The number of hydrogen-bond acceptors (Lipinski definition) is 9. The van der Waals surface area contributed by atoms with Crippen LogP contribution in [0, 0.1) is 5.92 Å². The first-order chi connectivity index (χ1) is 16.6. The molecule has 1 aliphatic carbocycles. The van der Waals surface area contributed by atoms with Crippen LogP contribution in [0.15, 0.2) is 12.1 Å². The smallest absolute Gasteiger partial charge is 0.303 e. The Morgan fingerprint density at radius 3 is 2.29 bits per heavy atom. The molecule has 0 amide bonds. The quantitative estimate of drug-likeness (QED) is 0.282. The molecule has 0 aliphatic heterocycles. The number of ketones is 1. The zero-order valence-corrected chi connectivity index (χ0v) is 21.8. The minimum atomic E-state index is -1.21. The highest BCUT2D eigenvalue weighted by Gasteiger charge is 2.42. The van der Waals surface area contributed by atoms with Crippen molar-refractivity contribution in [2.75, 3.05) is 33.7 Å². The Morgan fingerprint density at radius 2 is 1.71 bits per heavy atom. The van der Waals surface area contributed by atoms with Crippen molar-refractivity contribution >= 4 is 23.5 Å². The standard InChI is InChI=1S/C25H38O9S/c1-25(30,14-34-16-11-20(31-2)23(33-4)21(12-16)32-3)15-35-24-17(18(26)13-19(24)27)9-7-5-6-8-10-22(28)29/h11-12,17,19,24,27,30H,5-10,13-15H2,1-4H3,(H,28,29)/t17-,19?,24+,25?/m0/s1. The molecular formula is C25H38O9S. The first kappa shape index (κ1) is 29.1. The molecule has 4 atom stereocenters. The number of thioether (sulfide) groups is 1. The van der Waals surface area contributed by atoms with Gasteiger partial charge in [0.15, 0.2) is 11.5 Å². The van der Waals surface area contributed by atoms with Crippen molar-refractivity contribution in [3.05, 3.63) is 12.1 Å². The Hall–Kier alpha value is -2.17. The summed E-state index contributed by atoms with van der Waals surface area (Å²) in [5.41, 5.74) is -1.21. The SMILES string of the molecule is COc1cc(OCC(C)(O)CS[C@H]2C(O)CC(=O)[C@@H]2CCCCCCC(=O)O)cc(OC)c1OC. The molecule has 0 aromatic heterocycles. The molecule has 2 unspecified atom stereocenters. The molecule has 1 aromatic rings. The lowest BCUT2D eigenvalue weighted by Crippen LogP contribution is -2.37. The van der Waals surface area contributed by atoms with Crippen LogP contribution < -0.4 is 18.9 Å². The second-order valence-electron chi connectivity index (χ2n) is 9.11. The number of carbonyl (C=O) groups is 2. The highest BCUT2D eigenvalue weighted by atomic mass is 32.2. The fourth-order valence-corrected chi connectivity index (χ4v) is 5.64. The molecule has 0 heterocycles. The zero-order chi connectivity index (χ0) is 26.0. The summed E-state index contributed by atoms with van der Waals surface area (Å²) in [5.74, 6) is 1.04. The van der Waals surface area contributed by atoms with E-state index in [4.69, 9.17) is 24.1 Å². The number of rotatable bonds is 16. The predicted octanol–water partition coefficient (Wildman–Crippen LogP) is 3.32. The molecule has 1 saturated carbocycles. The van der Waals surface area contributed by atoms with Crippen molar-refractivity contribution < 1.29 is 43.9 Å². The monoisotopic (exact) mass is 514 g/mol. The molecule has 9 nitrogen and oxygen atoms in total. The van der Waals surface area contributed by atoms with E-state index >= 15 is 0 Å². The van der Waals surface area contributed by atoms with Gasteiger partial charge in [-0.15, -0.1) is 0 Å². The van der Waals surface area contributed by atoms with Crippen LogP contribution in [0.5, 0.6) is 23.0 Å². The second kappa shape index (κ2) is 13.8. The maximum Gasteiger partial charge on any atom is 0.303 e. The van der Waals surface area contributed by atoms with Gasteiger partial charge in [-0.25, -0.2) is 0 Å². The van der Waals surface area contributed by atoms with E-state index in [2.05, 4.69) is 0 Å². The van der Waals surface area contributed by atoms with Crippen LogP contribution in [-0.2, 0) is 9.59 Å². The van der Waals surface area contributed by atoms with Gasteiger partial charge in [0.2, 0.25) is 5.75 Å². The fourth-order valence-electron chi connectivity index (χ4n) is 4.17. The Morgan fingerprint density at radius 1 is 1.09 bits per heavy atom. The number of Topliss-reactive ketones (excluding diaryl/α,β-unsaturated/α-hetero) is 1. The first-order valence-electron chi connectivity index (χ1n) is 11.8. The van der Waals surface area contributed by atoms with E-state index in [0.717, 1.165) is 19.3 Å². The van der Waals surface area contributed by atoms with Gasteiger partial charge in [0, 0.05) is 41.9 Å².